The smallest absolute Gasteiger partial charge is 0.329 e. The van der Waals surface area contributed by atoms with E-state index in [1.807, 2.05) is 65.0 Å². The molecule has 1 aromatic carbocycles. The Morgan fingerprint density at radius 1 is 1.05 bits per heavy atom. The van der Waals surface area contributed by atoms with Crippen molar-refractivity contribution in [1.82, 2.24) is 10.2 Å². The monoisotopic (exact) mass is 574 g/mol. The van der Waals surface area contributed by atoms with Crippen LogP contribution in [-0.4, -0.2) is 64.6 Å². The lowest BCUT2D eigenvalue weighted by molar-refractivity contribution is -0.162. The number of nitrogens with zero attached hydrogens (tertiary/aromatic N) is 1. The molecule has 9 nitrogen and oxygen atoms in total. The molecule has 1 aliphatic rings. The first-order valence-corrected chi connectivity index (χ1v) is 15.0. The number of amides is 2. The highest BCUT2D eigenvalue weighted by molar-refractivity contribution is 5.93. The fourth-order valence-electron chi connectivity index (χ4n) is 5.04. The molecule has 1 saturated heterocycles. The van der Waals surface area contributed by atoms with Gasteiger partial charge in [-0.1, -0.05) is 85.2 Å². The van der Waals surface area contributed by atoms with E-state index in [1.54, 1.807) is 13.8 Å². The summed E-state index contributed by atoms with van der Waals surface area (Å²) in [5.74, 6) is -2.19. The molecule has 0 aliphatic carbocycles. The summed E-state index contributed by atoms with van der Waals surface area (Å²) in [4.78, 5) is 54.2. The average molecular weight is 575 g/mol. The van der Waals surface area contributed by atoms with Crippen LogP contribution in [0.4, 0.5) is 0 Å². The van der Waals surface area contributed by atoms with Gasteiger partial charge in [0.05, 0.1) is 12.5 Å². The fraction of sp³-hybridized carbons (Fsp3) is 0.688. The maximum atomic E-state index is 13.7. The number of hydrogen-bond donors (Lipinski definition) is 2. The van der Waals surface area contributed by atoms with Gasteiger partial charge in [0.2, 0.25) is 5.91 Å². The molecule has 9 heteroatoms. The summed E-state index contributed by atoms with van der Waals surface area (Å²) < 4.78 is 11.1. The molecule has 230 valence electrons. The second-order valence-electron chi connectivity index (χ2n) is 12.1. The highest BCUT2D eigenvalue weighted by Gasteiger charge is 2.40. The van der Waals surface area contributed by atoms with E-state index in [4.69, 9.17) is 9.47 Å². The van der Waals surface area contributed by atoms with Crippen molar-refractivity contribution < 1.29 is 33.8 Å². The van der Waals surface area contributed by atoms with Crippen LogP contribution in [0.2, 0.25) is 0 Å². The Hall–Kier alpha value is -2.94. The summed E-state index contributed by atoms with van der Waals surface area (Å²) in [6.45, 7) is 13.9. The van der Waals surface area contributed by atoms with Crippen molar-refractivity contribution in [3.8, 4) is 0 Å². The lowest BCUT2D eigenvalue weighted by Gasteiger charge is -2.30. The van der Waals surface area contributed by atoms with Crippen LogP contribution >= 0.6 is 0 Å². The van der Waals surface area contributed by atoms with Crippen molar-refractivity contribution in [1.29, 1.82) is 0 Å². The van der Waals surface area contributed by atoms with Gasteiger partial charge in [-0.2, -0.15) is 0 Å². The summed E-state index contributed by atoms with van der Waals surface area (Å²) in [5.41, 5.74) is 0.859. The summed E-state index contributed by atoms with van der Waals surface area (Å²) in [6, 6.07) is 7.74. The molecule has 1 aromatic rings. The number of likely N-dealkylation sites (tertiary alicyclic amines) is 1. The van der Waals surface area contributed by atoms with E-state index in [1.165, 1.54) is 4.90 Å². The molecule has 0 bridgehead atoms. The van der Waals surface area contributed by atoms with Crippen molar-refractivity contribution in [2.24, 2.45) is 23.7 Å². The van der Waals surface area contributed by atoms with Crippen LogP contribution in [0.1, 0.15) is 86.1 Å². The van der Waals surface area contributed by atoms with Crippen LogP contribution in [0.15, 0.2) is 30.3 Å². The SMILES string of the molecule is CC[C@H](C)[C@@H](C)[C@@H](O)CC(=O)O[C@H](C(=O)N[C@@H](CC(C)C)C(=O)N1CCC[C@H]1C(=O)OCc1ccccc1)C(C)C. The largest absolute Gasteiger partial charge is 0.459 e. The first-order chi connectivity index (χ1) is 19.3. The third-order valence-corrected chi connectivity index (χ3v) is 8.00. The maximum absolute atomic E-state index is 13.7. The Bertz CT molecular complexity index is 997. The average Bonchev–Trinajstić information content (AvgIpc) is 3.43. The minimum Gasteiger partial charge on any atom is -0.459 e. The third kappa shape index (κ3) is 10.4. The number of nitrogens with one attached hydrogen (secondary N) is 1. The Morgan fingerprint density at radius 2 is 1.71 bits per heavy atom. The zero-order chi connectivity index (χ0) is 30.7. The molecule has 0 aromatic heterocycles. The number of ether oxygens (including phenoxy) is 2. The number of aliphatic hydroxyl groups excluding tert-OH is 1. The van der Waals surface area contributed by atoms with Crippen molar-refractivity contribution in [2.75, 3.05) is 6.54 Å². The molecule has 41 heavy (non-hydrogen) atoms. The van der Waals surface area contributed by atoms with Crippen molar-refractivity contribution in [3.05, 3.63) is 35.9 Å². The lowest BCUT2D eigenvalue weighted by atomic mass is 9.87. The Morgan fingerprint density at radius 3 is 2.29 bits per heavy atom. The normalized spacial score (nSPS) is 18.9. The molecule has 2 N–H and O–H groups in total. The molecule has 2 rings (SSSR count). The summed E-state index contributed by atoms with van der Waals surface area (Å²) in [7, 11) is 0. The van der Waals surface area contributed by atoms with E-state index in [2.05, 4.69) is 5.32 Å². The lowest BCUT2D eigenvalue weighted by Crippen LogP contribution is -2.55. The number of rotatable bonds is 15. The highest BCUT2D eigenvalue weighted by Crippen LogP contribution is 2.23. The van der Waals surface area contributed by atoms with Crippen LogP contribution in [0.5, 0.6) is 0 Å². The van der Waals surface area contributed by atoms with Gasteiger partial charge < -0.3 is 24.8 Å². The van der Waals surface area contributed by atoms with Crippen LogP contribution < -0.4 is 5.32 Å². The number of esters is 2. The quantitative estimate of drug-likeness (QED) is 0.300. The molecule has 0 unspecified atom stereocenters. The van der Waals surface area contributed by atoms with Crippen molar-refractivity contribution in [2.45, 2.75) is 111 Å². The molecular formula is C32H50N2O7. The predicted molar refractivity (Wildman–Crippen MR) is 156 cm³/mol. The number of hydrogen-bond acceptors (Lipinski definition) is 7. The second-order valence-corrected chi connectivity index (χ2v) is 12.1. The fourth-order valence-corrected chi connectivity index (χ4v) is 5.04. The van der Waals surface area contributed by atoms with Crippen LogP contribution in [-0.2, 0) is 35.3 Å². The predicted octanol–water partition coefficient (Wildman–Crippen LogP) is 4.25. The first kappa shape index (κ1) is 34.3. The van der Waals surface area contributed by atoms with Gasteiger partial charge in [-0.25, -0.2) is 4.79 Å². The van der Waals surface area contributed by atoms with E-state index in [-0.39, 0.29) is 42.6 Å². The van der Waals surface area contributed by atoms with Gasteiger partial charge in [0.15, 0.2) is 6.10 Å². The minimum absolute atomic E-state index is 0.0765. The van der Waals surface area contributed by atoms with Gasteiger partial charge in [-0.05, 0) is 48.5 Å². The maximum Gasteiger partial charge on any atom is 0.329 e. The van der Waals surface area contributed by atoms with E-state index in [9.17, 15) is 24.3 Å². The number of carbonyl (C=O) groups is 4. The molecule has 1 fully saturated rings. The van der Waals surface area contributed by atoms with Crippen LogP contribution in [0.25, 0.3) is 0 Å². The van der Waals surface area contributed by atoms with E-state index in [0.29, 0.717) is 25.8 Å². The Labute approximate surface area is 245 Å². The standard InChI is InChI=1S/C32H50N2O7/c1-8-22(6)23(7)27(35)18-28(36)41-29(21(4)5)30(37)33-25(17-20(2)3)31(38)34-16-12-15-26(34)32(39)40-19-24-13-10-9-11-14-24/h9-11,13-14,20-23,25-27,29,35H,8,12,15-19H2,1-7H3,(H,33,37)/t22-,23+,25-,26-,27-,29-/m0/s1. The summed E-state index contributed by atoms with van der Waals surface area (Å²) in [5, 5.41) is 13.3. The minimum atomic E-state index is -1.12. The van der Waals surface area contributed by atoms with Gasteiger partial charge in [0, 0.05) is 6.54 Å². The molecule has 0 saturated carbocycles. The zero-order valence-corrected chi connectivity index (χ0v) is 25.8. The van der Waals surface area contributed by atoms with E-state index >= 15 is 0 Å². The third-order valence-electron chi connectivity index (χ3n) is 8.00. The highest BCUT2D eigenvalue weighted by atomic mass is 16.5. The molecule has 0 spiro atoms. The summed E-state index contributed by atoms with van der Waals surface area (Å²) in [6.07, 6.45) is 0.165. The Balaban J connectivity index is 2.08. The van der Waals surface area contributed by atoms with Gasteiger partial charge in [-0.15, -0.1) is 0 Å². The van der Waals surface area contributed by atoms with Gasteiger partial charge in [0.25, 0.3) is 5.91 Å². The molecule has 0 radical (unpaired) electrons. The van der Waals surface area contributed by atoms with Gasteiger partial charge >= 0.3 is 11.9 Å². The topological polar surface area (TPSA) is 122 Å². The number of carbonyl (C=O) groups excluding carboxylic acids is 4. The first-order valence-electron chi connectivity index (χ1n) is 15.0. The van der Waals surface area contributed by atoms with Crippen molar-refractivity contribution >= 4 is 23.8 Å². The second kappa shape index (κ2) is 16.5. The molecule has 1 aliphatic heterocycles. The molecular weight excluding hydrogens is 524 g/mol. The van der Waals surface area contributed by atoms with Gasteiger partial charge in [-0.3, -0.25) is 14.4 Å². The van der Waals surface area contributed by atoms with E-state index in [0.717, 1.165) is 12.0 Å². The molecule has 6 atom stereocenters. The molecule has 2 amide bonds. The van der Waals surface area contributed by atoms with Gasteiger partial charge in [0.1, 0.15) is 18.7 Å². The summed E-state index contributed by atoms with van der Waals surface area (Å²) >= 11 is 0. The molecule has 1 heterocycles. The van der Waals surface area contributed by atoms with Crippen LogP contribution in [0.3, 0.4) is 0 Å². The zero-order valence-electron chi connectivity index (χ0n) is 25.8. The number of aliphatic hydroxyl groups is 1. The number of benzene rings is 1. The van der Waals surface area contributed by atoms with E-state index < -0.39 is 42.1 Å². The Kier molecular flexibility index (Phi) is 13.8. The van der Waals surface area contributed by atoms with Crippen molar-refractivity contribution in [3.63, 3.8) is 0 Å². The van der Waals surface area contributed by atoms with Crippen LogP contribution in [0, 0.1) is 23.7 Å².